The molecule has 0 heterocycles. The molecule has 4 rings (SSSR count). The van der Waals surface area contributed by atoms with Crippen molar-refractivity contribution in [2.75, 3.05) is 4.90 Å². The Bertz CT molecular complexity index is 1320. The Balaban J connectivity index is 1.46. The first kappa shape index (κ1) is 25.6. The number of halogens is 1. The van der Waals surface area contributed by atoms with Gasteiger partial charge in [0.25, 0.3) is 5.91 Å². The minimum atomic E-state index is -1.08. The summed E-state index contributed by atoms with van der Waals surface area (Å²) in [7, 11) is 0. The number of nitrogens with one attached hydrogen (secondary N) is 1. The molecule has 0 radical (unpaired) electrons. The molecule has 1 unspecified atom stereocenters. The Kier molecular flexibility index (Phi) is 8.31. The van der Waals surface area contributed by atoms with Gasteiger partial charge in [-0.25, -0.2) is 9.18 Å². The lowest BCUT2D eigenvalue weighted by Gasteiger charge is -2.25. The SMILES string of the molecule is Cc1ccc(CN(Cc2ccc(C(=O)NC(Cc3ccccc3)C(=O)O)cc2)c2ccc(F)cc2)cc1. The van der Waals surface area contributed by atoms with Crippen LogP contribution in [0.25, 0.3) is 0 Å². The first-order chi connectivity index (χ1) is 17.9. The average Bonchev–Trinajstić information content (AvgIpc) is 2.90. The number of hydrogen-bond donors (Lipinski definition) is 2. The van der Waals surface area contributed by atoms with Gasteiger partial charge in [0, 0.05) is 30.8 Å². The van der Waals surface area contributed by atoms with Crippen molar-refractivity contribution >= 4 is 17.6 Å². The molecule has 1 atom stereocenters. The molecular formula is C31H29FN2O3. The van der Waals surface area contributed by atoms with E-state index in [4.69, 9.17) is 0 Å². The van der Waals surface area contributed by atoms with Gasteiger partial charge >= 0.3 is 5.97 Å². The van der Waals surface area contributed by atoms with Crippen molar-refractivity contribution in [2.45, 2.75) is 32.5 Å². The fraction of sp³-hybridized carbons (Fsp3) is 0.161. The van der Waals surface area contributed by atoms with Crippen molar-refractivity contribution in [2.24, 2.45) is 0 Å². The van der Waals surface area contributed by atoms with Crippen LogP contribution in [0.3, 0.4) is 0 Å². The first-order valence-corrected chi connectivity index (χ1v) is 12.1. The fourth-order valence-corrected chi connectivity index (χ4v) is 4.08. The molecule has 4 aromatic rings. The van der Waals surface area contributed by atoms with Crippen molar-refractivity contribution in [1.29, 1.82) is 0 Å². The Hall–Kier alpha value is -4.45. The number of carboxylic acids is 1. The van der Waals surface area contributed by atoms with Crippen LogP contribution in [0.15, 0.2) is 103 Å². The minimum absolute atomic E-state index is 0.200. The summed E-state index contributed by atoms with van der Waals surface area (Å²) in [6.07, 6.45) is 0.200. The molecule has 2 N–H and O–H groups in total. The van der Waals surface area contributed by atoms with Crippen LogP contribution in [0.2, 0.25) is 0 Å². The Labute approximate surface area is 216 Å². The quantitative estimate of drug-likeness (QED) is 0.293. The number of carbonyl (C=O) groups is 2. The van der Waals surface area contributed by atoms with Crippen LogP contribution in [0, 0.1) is 12.7 Å². The summed E-state index contributed by atoms with van der Waals surface area (Å²) < 4.78 is 13.5. The Morgan fingerprint density at radius 3 is 1.92 bits per heavy atom. The standard InChI is InChI=1S/C31H29FN2O3/c1-22-7-9-24(10-8-22)20-34(28-17-15-27(32)16-18-28)21-25-11-13-26(14-12-25)30(35)33-29(31(36)37)19-23-5-3-2-4-6-23/h2-18,29H,19-21H2,1H3,(H,33,35)(H,36,37). The van der Waals surface area contributed by atoms with Crippen LogP contribution in [0.4, 0.5) is 10.1 Å². The highest BCUT2D eigenvalue weighted by atomic mass is 19.1. The summed E-state index contributed by atoms with van der Waals surface area (Å²) >= 11 is 0. The number of amides is 1. The molecule has 0 bridgehead atoms. The zero-order valence-electron chi connectivity index (χ0n) is 20.6. The molecular weight excluding hydrogens is 467 g/mol. The van der Waals surface area contributed by atoms with E-state index in [9.17, 15) is 19.1 Å². The average molecular weight is 497 g/mol. The predicted octanol–water partition coefficient (Wildman–Crippen LogP) is 5.77. The summed E-state index contributed by atoms with van der Waals surface area (Å²) in [5.41, 5.74) is 5.37. The van der Waals surface area contributed by atoms with Gasteiger partial charge in [0.15, 0.2) is 0 Å². The molecule has 0 aliphatic heterocycles. The normalized spacial score (nSPS) is 11.5. The second kappa shape index (κ2) is 12.0. The number of nitrogens with zero attached hydrogens (tertiary/aromatic N) is 1. The molecule has 0 saturated carbocycles. The molecule has 0 spiro atoms. The van der Waals surface area contributed by atoms with Crippen LogP contribution in [0.1, 0.15) is 32.6 Å². The summed E-state index contributed by atoms with van der Waals surface area (Å²) in [4.78, 5) is 26.7. The lowest BCUT2D eigenvalue weighted by molar-refractivity contribution is -0.139. The van der Waals surface area contributed by atoms with Gasteiger partial charge in [-0.2, -0.15) is 0 Å². The summed E-state index contributed by atoms with van der Waals surface area (Å²) in [6, 6.07) is 29.9. The third-order valence-electron chi connectivity index (χ3n) is 6.16. The first-order valence-electron chi connectivity index (χ1n) is 12.1. The maximum Gasteiger partial charge on any atom is 0.326 e. The topological polar surface area (TPSA) is 69.6 Å². The van der Waals surface area contributed by atoms with Crippen LogP contribution in [-0.4, -0.2) is 23.0 Å². The number of rotatable bonds is 10. The summed E-state index contributed by atoms with van der Waals surface area (Å²) in [5.74, 6) is -1.81. The molecule has 37 heavy (non-hydrogen) atoms. The third kappa shape index (κ3) is 7.27. The van der Waals surface area contributed by atoms with Crippen molar-refractivity contribution < 1.29 is 19.1 Å². The van der Waals surface area contributed by atoms with E-state index >= 15 is 0 Å². The summed E-state index contributed by atoms with van der Waals surface area (Å²) in [6.45, 7) is 3.22. The second-order valence-corrected chi connectivity index (χ2v) is 9.07. The maximum absolute atomic E-state index is 13.5. The van der Waals surface area contributed by atoms with Gasteiger partial charge < -0.3 is 15.3 Å². The highest BCUT2D eigenvalue weighted by molar-refractivity contribution is 5.96. The number of aryl methyl sites for hydroxylation is 1. The molecule has 0 aliphatic rings. The van der Waals surface area contributed by atoms with Crippen LogP contribution in [-0.2, 0) is 24.3 Å². The number of carboxylic acid groups (broad SMARTS) is 1. The van der Waals surface area contributed by atoms with E-state index in [2.05, 4.69) is 34.5 Å². The minimum Gasteiger partial charge on any atom is -0.480 e. The predicted molar refractivity (Wildman–Crippen MR) is 143 cm³/mol. The molecule has 5 nitrogen and oxygen atoms in total. The van der Waals surface area contributed by atoms with E-state index in [1.54, 1.807) is 24.3 Å². The van der Waals surface area contributed by atoms with E-state index in [1.165, 1.54) is 17.7 Å². The number of aliphatic carboxylic acids is 1. The monoisotopic (exact) mass is 496 g/mol. The summed E-state index contributed by atoms with van der Waals surface area (Å²) in [5, 5.41) is 12.2. The number of carbonyl (C=O) groups excluding carboxylic acids is 1. The fourth-order valence-electron chi connectivity index (χ4n) is 4.08. The lowest BCUT2D eigenvalue weighted by Crippen LogP contribution is -2.42. The van der Waals surface area contributed by atoms with Gasteiger partial charge in [-0.15, -0.1) is 0 Å². The molecule has 4 aromatic carbocycles. The van der Waals surface area contributed by atoms with Crippen molar-refractivity contribution in [3.63, 3.8) is 0 Å². The van der Waals surface area contributed by atoms with Gasteiger partial charge in [0.2, 0.25) is 0 Å². The zero-order chi connectivity index (χ0) is 26.2. The largest absolute Gasteiger partial charge is 0.480 e. The van der Waals surface area contributed by atoms with Crippen molar-refractivity contribution in [3.05, 3.63) is 137 Å². The lowest BCUT2D eigenvalue weighted by atomic mass is 10.0. The smallest absolute Gasteiger partial charge is 0.326 e. The third-order valence-corrected chi connectivity index (χ3v) is 6.16. The number of hydrogen-bond acceptors (Lipinski definition) is 3. The Morgan fingerprint density at radius 2 is 1.35 bits per heavy atom. The second-order valence-electron chi connectivity index (χ2n) is 9.07. The van der Waals surface area contributed by atoms with Crippen molar-refractivity contribution in [3.8, 4) is 0 Å². The molecule has 0 fully saturated rings. The van der Waals surface area contributed by atoms with Gasteiger partial charge in [0.1, 0.15) is 11.9 Å². The van der Waals surface area contributed by atoms with E-state index in [1.807, 2.05) is 49.4 Å². The molecule has 0 aromatic heterocycles. The van der Waals surface area contributed by atoms with Crippen molar-refractivity contribution in [1.82, 2.24) is 5.32 Å². The van der Waals surface area contributed by atoms with E-state index < -0.39 is 17.9 Å². The van der Waals surface area contributed by atoms with E-state index in [-0.39, 0.29) is 12.2 Å². The molecule has 1 amide bonds. The van der Waals surface area contributed by atoms with E-state index in [0.717, 1.165) is 22.4 Å². The van der Waals surface area contributed by atoms with Gasteiger partial charge in [0.05, 0.1) is 0 Å². The number of benzene rings is 4. The van der Waals surface area contributed by atoms with E-state index in [0.29, 0.717) is 18.7 Å². The molecule has 0 saturated heterocycles. The van der Waals surface area contributed by atoms with Gasteiger partial charge in [-0.05, 0) is 60.0 Å². The van der Waals surface area contributed by atoms with Crippen LogP contribution in [0.5, 0.6) is 0 Å². The Morgan fingerprint density at radius 1 is 0.784 bits per heavy atom. The zero-order valence-corrected chi connectivity index (χ0v) is 20.6. The highest BCUT2D eigenvalue weighted by Gasteiger charge is 2.21. The van der Waals surface area contributed by atoms with Crippen LogP contribution >= 0.6 is 0 Å². The van der Waals surface area contributed by atoms with Crippen LogP contribution < -0.4 is 10.2 Å². The molecule has 6 heteroatoms. The van der Waals surface area contributed by atoms with Gasteiger partial charge in [-0.3, -0.25) is 4.79 Å². The molecule has 188 valence electrons. The highest BCUT2D eigenvalue weighted by Crippen LogP contribution is 2.21. The maximum atomic E-state index is 13.5. The number of anilines is 1. The molecule has 0 aliphatic carbocycles. The van der Waals surface area contributed by atoms with Gasteiger partial charge in [-0.1, -0.05) is 72.3 Å².